The third kappa shape index (κ3) is 3.89. The lowest BCUT2D eigenvalue weighted by Crippen LogP contribution is -2.41. The van der Waals surface area contributed by atoms with Gasteiger partial charge in [-0.2, -0.15) is 0 Å². The SMILES string of the molecule is CCOC(=O)c1nocc1Cn1c(=O)c(C)cn(Cc2ccccc2)c1=O. The molecule has 0 saturated carbocycles. The maximum absolute atomic E-state index is 12.8. The summed E-state index contributed by atoms with van der Waals surface area (Å²) in [5.41, 5.74) is 0.704. The van der Waals surface area contributed by atoms with Crippen LogP contribution in [0.25, 0.3) is 0 Å². The van der Waals surface area contributed by atoms with Crippen molar-refractivity contribution in [3.8, 4) is 0 Å². The number of carbonyl (C=O) groups is 1. The molecular weight excluding hydrogens is 350 g/mol. The monoisotopic (exact) mass is 369 g/mol. The van der Waals surface area contributed by atoms with Gasteiger partial charge in [-0.05, 0) is 19.4 Å². The number of hydrogen-bond acceptors (Lipinski definition) is 6. The molecule has 0 N–H and O–H groups in total. The van der Waals surface area contributed by atoms with E-state index >= 15 is 0 Å². The van der Waals surface area contributed by atoms with Crippen molar-refractivity contribution in [2.24, 2.45) is 0 Å². The van der Waals surface area contributed by atoms with Crippen LogP contribution in [0, 0.1) is 6.92 Å². The minimum atomic E-state index is -0.661. The van der Waals surface area contributed by atoms with E-state index in [1.54, 1.807) is 13.8 Å². The quantitative estimate of drug-likeness (QED) is 0.612. The fraction of sp³-hybridized carbons (Fsp3) is 0.263. The Labute approximate surface area is 154 Å². The smallest absolute Gasteiger partial charge is 0.360 e. The lowest BCUT2D eigenvalue weighted by atomic mass is 10.2. The molecule has 1 aromatic carbocycles. The summed E-state index contributed by atoms with van der Waals surface area (Å²) in [5, 5.41) is 3.63. The molecule has 0 amide bonds. The maximum Gasteiger partial charge on any atom is 0.360 e. The Balaban J connectivity index is 1.99. The third-order valence-corrected chi connectivity index (χ3v) is 4.04. The Hall–Kier alpha value is -3.42. The van der Waals surface area contributed by atoms with Gasteiger partial charge in [-0.15, -0.1) is 0 Å². The van der Waals surface area contributed by atoms with Gasteiger partial charge in [0.25, 0.3) is 5.56 Å². The second-order valence-electron chi connectivity index (χ2n) is 6.01. The molecule has 3 rings (SSSR count). The largest absolute Gasteiger partial charge is 0.461 e. The molecule has 0 fully saturated rings. The van der Waals surface area contributed by atoms with Gasteiger partial charge in [-0.1, -0.05) is 35.5 Å². The number of esters is 1. The van der Waals surface area contributed by atoms with E-state index in [1.165, 1.54) is 17.0 Å². The molecule has 27 heavy (non-hydrogen) atoms. The van der Waals surface area contributed by atoms with Crippen LogP contribution in [0.5, 0.6) is 0 Å². The van der Waals surface area contributed by atoms with Crippen LogP contribution in [0.15, 0.2) is 56.9 Å². The first-order valence-corrected chi connectivity index (χ1v) is 8.46. The molecular formula is C19H19N3O5. The van der Waals surface area contributed by atoms with Crippen molar-refractivity contribution in [3.63, 3.8) is 0 Å². The zero-order valence-corrected chi connectivity index (χ0v) is 15.0. The summed E-state index contributed by atoms with van der Waals surface area (Å²) < 4.78 is 12.3. The van der Waals surface area contributed by atoms with Gasteiger partial charge in [0.15, 0.2) is 5.69 Å². The standard InChI is InChI=1S/C19H19N3O5/c1-3-26-18(24)16-15(12-27-20-16)11-22-17(23)13(2)9-21(19(22)25)10-14-7-5-4-6-8-14/h4-9,12H,3,10-11H2,1-2H3. The fourth-order valence-electron chi connectivity index (χ4n) is 2.74. The van der Waals surface area contributed by atoms with E-state index in [0.29, 0.717) is 17.7 Å². The van der Waals surface area contributed by atoms with Crippen LogP contribution < -0.4 is 11.2 Å². The zero-order chi connectivity index (χ0) is 19.4. The highest BCUT2D eigenvalue weighted by molar-refractivity contribution is 5.88. The van der Waals surface area contributed by atoms with Gasteiger partial charge in [0, 0.05) is 17.3 Å². The molecule has 3 aromatic rings. The first-order chi connectivity index (χ1) is 13.0. The Kier molecular flexibility index (Phi) is 5.35. The predicted octanol–water partition coefficient (Wildman–Crippen LogP) is 1.58. The molecule has 0 unspecified atom stereocenters. The average molecular weight is 369 g/mol. The molecule has 0 atom stereocenters. The number of benzene rings is 1. The van der Waals surface area contributed by atoms with Gasteiger partial charge in [0.1, 0.15) is 6.26 Å². The van der Waals surface area contributed by atoms with Crippen molar-refractivity contribution >= 4 is 5.97 Å². The van der Waals surface area contributed by atoms with Gasteiger partial charge in [-0.3, -0.25) is 13.9 Å². The summed E-state index contributed by atoms with van der Waals surface area (Å²) in [6, 6.07) is 9.45. The molecule has 0 saturated heterocycles. The number of carbonyl (C=O) groups excluding carboxylic acids is 1. The highest BCUT2D eigenvalue weighted by atomic mass is 16.5. The van der Waals surface area contributed by atoms with E-state index in [0.717, 1.165) is 10.1 Å². The Morgan fingerprint density at radius 3 is 2.63 bits per heavy atom. The van der Waals surface area contributed by atoms with Crippen molar-refractivity contribution in [3.05, 3.63) is 86.0 Å². The second-order valence-corrected chi connectivity index (χ2v) is 6.01. The lowest BCUT2D eigenvalue weighted by Gasteiger charge is -2.11. The van der Waals surface area contributed by atoms with Crippen molar-refractivity contribution in [2.75, 3.05) is 6.61 Å². The van der Waals surface area contributed by atoms with E-state index in [4.69, 9.17) is 9.26 Å². The topological polar surface area (TPSA) is 96.3 Å². The molecule has 0 aliphatic heterocycles. The van der Waals surface area contributed by atoms with Crippen LogP contribution in [-0.2, 0) is 17.8 Å². The summed E-state index contributed by atoms with van der Waals surface area (Å²) in [5.74, 6) is -0.661. The summed E-state index contributed by atoms with van der Waals surface area (Å²) >= 11 is 0. The fourth-order valence-corrected chi connectivity index (χ4v) is 2.74. The third-order valence-electron chi connectivity index (χ3n) is 4.04. The molecule has 0 aliphatic rings. The van der Waals surface area contributed by atoms with Gasteiger partial charge in [-0.25, -0.2) is 9.59 Å². The molecule has 8 heteroatoms. The van der Waals surface area contributed by atoms with E-state index < -0.39 is 17.2 Å². The minimum absolute atomic E-state index is 0.0423. The first kappa shape index (κ1) is 18.4. The number of rotatable bonds is 6. The Bertz CT molecular complexity index is 1060. The highest BCUT2D eigenvalue weighted by Gasteiger charge is 2.20. The minimum Gasteiger partial charge on any atom is -0.461 e. The summed E-state index contributed by atoms with van der Waals surface area (Å²) in [6.45, 7) is 3.69. The average Bonchev–Trinajstić information content (AvgIpc) is 3.13. The lowest BCUT2D eigenvalue weighted by molar-refractivity contribution is 0.0513. The van der Waals surface area contributed by atoms with Gasteiger partial charge >= 0.3 is 11.7 Å². The molecule has 2 aromatic heterocycles. The number of hydrogen-bond donors (Lipinski definition) is 0. The Morgan fingerprint density at radius 2 is 1.93 bits per heavy atom. The van der Waals surface area contributed by atoms with Gasteiger partial charge < -0.3 is 9.26 Å². The molecule has 0 aliphatic carbocycles. The highest BCUT2D eigenvalue weighted by Crippen LogP contribution is 2.09. The molecule has 0 bridgehead atoms. The molecule has 0 spiro atoms. The van der Waals surface area contributed by atoms with Gasteiger partial charge in [0.05, 0.1) is 19.7 Å². The molecule has 8 nitrogen and oxygen atoms in total. The van der Waals surface area contributed by atoms with Crippen LogP contribution >= 0.6 is 0 Å². The normalized spacial score (nSPS) is 10.7. The van der Waals surface area contributed by atoms with E-state index in [2.05, 4.69) is 5.16 Å². The number of ether oxygens (including phenoxy) is 1. The van der Waals surface area contributed by atoms with Crippen LogP contribution in [0.1, 0.15) is 34.1 Å². The summed E-state index contributed by atoms with van der Waals surface area (Å²) in [4.78, 5) is 37.3. The van der Waals surface area contributed by atoms with E-state index in [9.17, 15) is 14.4 Å². The van der Waals surface area contributed by atoms with Crippen LogP contribution in [0.2, 0.25) is 0 Å². The predicted molar refractivity (Wildman–Crippen MR) is 96.8 cm³/mol. The van der Waals surface area contributed by atoms with Crippen molar-refractivity contribution < 1.29 is 14.1 Å². The van der Waals surface area contributed by atoms with E-state index in [1.807, 2.05) is 30.3 Å². The Morgan fingerprint density at radius 1 is 1.19 bits per heavy atom. The maximum atomic E-state index is 12.8. The number of aryl methyl sites for hydroxylation is 1. The van der Waals surface area contributed by atoms with Crippen molar-refractivity contribution in [1.82, 2.24) is 14.3 Å². The van der Waals surface area contributed by atoms with Crippen molar-refractivity contribution in [2.45, 2.75) is 26.9 Å². The molecule has 140 valence electrons. The molecule has 0 radical (unpaired) electrons. The first-order valence-electron chi connectivity index (χ1n) is 8.46. The van der Waals surface area contributed by atoms with Crippen LogP contribution in [0.3, 0.4) is 0 Å². The summed E-state index contributed by atoms with van der Waals surface area (Å²) in [6.07, 6.45) is 2.77. The van der Waals surface area contributed by atoms with Crippen molar-refractivity contribution in [1.29, 1.82) is 0 Å². The summed E-state index contributed by atoms with van der Waals surface area (Å²) in [7, 11) is 0. The second kappa shape index (κ2) is 7.86. The van der Waals surface area contributed by atoms with Crippen LogP contribution in [-0.4, -0.2) is 26.9 Å². The van der Waals surface area contributed by atoms with E-state index in [-0.39, 0.29) is 18.8 Å². The van der Waals surface area contributed by atoms with Crippen LogP contribution in [0.4, 0.5) is 0 Å². The molecule has 2 heterocycles. The van der Waals surface area contributed by atoms with Gasteiger partial charge in [0.2, 0.25) is 0 Å². The number of aromatic nitrogens is 3. The zero-order valence-electron chi connectivity index (χ0n) is 15.0. The number of nitrogens with zero attached hydrogens (tertiary/aromatic N) is 3.